The van der Waals surface area contributed by atoms with Crippen LogP contribution < -0.4 is 5.32 Å². The first-order valence-electron chi connectivity index (χ1n) is 6.23. The van der Waals surface area contributed by atoms with Gasteiger partial charge in [0.2, 0.25) is 0 Å². The van der Waals surface area contributed by atoms with Crippen molar-refractivity contribution >= 4 is 22.9 Å². The number of benzene rings is 1. The van der Waals surface area contributed by atoms with E-state index in [1.54, 1.807) is 6.92 Å². The van der Waals surface area contributed by atoms with E-state index in [-0.39, 0.29) is 5.92 Å². The van der Waals surface area contributed by atoms with Gasteiger partial charge in [-0.05, 0) is 19.1 Å². The molecule has 0 fully saturated rings. The van der Waals surface area contributed by atoms with Crippen LogP contribution in [0.1, 0.15) is 40.1 Å². The van der Waals surface area contributed by atoms with E-state index in [0.29, 0.717) is 10.6 Å². The largest absolute Gasteiger partial charge is 0.319 e. The molecule has 0 saturated carbocycles. The molecule has 2 rings (SSSR count). The van der Waals surface area contributed by atoms with Crippen molar-refractivity contribution in [1.29, 1.82) is 0 Å². The van der Waals surface area contributed by atoms with Crippen molar-refractivity contribution in [3.63, 3.8) is 0 Å². The summed E-state index contributed by atoms with van der Waals surface area (Å²) in [6.45, 7) is 5.54. The van der Waals surface area contributed by atoms with E-state index in [2.05, 4.69) is 10.3 Å². The summed E-state index contributed by atoms with van der Waals surface area (Å²) in [5, 5.41) is 3.02. The molecule has 0 aliphatic carbocycles. The lowest BCUT2D eigenvalue weighted by molar-refractivity contribution is 0.102. The molecule has 1 N–H and O–H groups in total. The van der Waals surface area contributed by atoms with Crippen molar-refractivity contribution in [2.24, 2.45) is 0 Å². The van der Waals surface area contributed by atoms with Crippen LogP contribution in [0.3, 0.4) is 0 Å². The Hall–Kier alpha value is -1.89. The van der Waals surface area contributed by atoms with Gasteiger partial charge in [-0.1, -0.05) is 13.8 Å². The minimum Gasteiger partial charge on any atom is -0.319 e. The molecule has 1 aromatic heterocycles. The Kier molecular flexibility index (Phi) is 4.32. The standard InChI is InChI=1S/C14H13F3N2OS/c1-6(2)14-18-7(3)12(21-14)13(20)19-9-5-4-8(15)10(16)11(9)17/h4-6H,1-3H3,(H,19,20). The second-order valence-electron chi connectivity index (χ2n) is 4.80. The van der Waals surface area contributed by atoms with Gasteiger partial charge in [-0.2, -0.15) is 0 Å². The van der Waals surface area contributed by atoms with Crippen molar-refractivity contribution in [1.82, 2.24) is 4.98 Å². The topological polar surface area (TPSA) is 42.0 Å². The Morgan fingerprint density at radius 2 is 1.90 bits per heavy atom. The number of carbonyl (C=O) groups is 1. The van der Waals surface area contributed by atoms with Gasteiger partial charge in [0, 0.05) is 5.92 Å². The number of aromatic nitrogens is 1. The fourth-order valence-electron chi connectivity index (χ4n) is 1.68. The lowest BCUT2D eigenvalue weighted by Crippen LogP contribution is -2.13. The number of hydrogen-bond donors (Lipinski definition) is 1. The van der Waals surface area contributed by atoms with Crippen LogP contribution in [0.2, 0.25) is 0 Å². The Labute approximate surface area is 123 Å². The molecule has 0 aliphatic heterocycles. The molecule has 1 amide bonds. The van der Waals surface area contributed by atoms with Crippen LogP contribution in [0.5, 0.6) is 0 Å². The van der Waals surface area contributed by atoms with Gasteiger partial charge in [-0.25, -0.2) is 18.2 Å². The molecule has 21 heavy (non-hydrogen) atoms. The second kappa shape index (κ2) is 5.85. The number of thiazole rings is 1. The van der Waals surface area contributed by atoms with Gasteiger partial charge in [0.05, 0.1) is 16.4 Å². The molecule has 0 spiro atoms. The molecular weight excluding hydrogens is 301 g/mol. The Bertz CT molecular complexity index is 698. The predicted octanol–water partition coefficient (Wildman–Crippen LogP) is 4.24. The molecular formula is C14H13F3N2OS. The third-order valence-corrected chi connectivity index (χ3v) is 4.25. The number of carbonyl (C=O) groups excluding carboxylic acids is 1. The zero-order valence-corrected chi connectivity index (χ0v) is 12.4. The summed E-state index contributed by atoms with van der Waals surface area (Å²) in [5.74, 6) is -4.77. The molecule has 0 aliphatic rings. The minimum absolute atomic E-state index is 0.162. The van der Waals surface area contributed by atoms with Crippen LogP contribution in [0.4, 0.5) is 18.9 Å². The summed E-state index contributed by atoms with van der Waals surface area (Å²) in [6, 6.07) is 1.73. The van der Waals surface area contributed by atoms with Gasteiger partial charge in [-0.15, -0.1) is 11.3 Å². The second-order valence-corrected chi connectivity index (χ2v) is 5.83. The summed E-state index contributed by atoms with van der Waals surface area (Å²) >= 11 is 1.19. The molecule has 0 unspecified atom stereocenters. The van der Waals surface area contributed by atoms with Gasteiger partial charge in [-0.3, -0.25) is 4.79 Å². The summed E-state index contributed by atoms with van der Waals surface area (Å²) in [6.07, 6.45) is 0. The van der Waals surface area contributed by atoms with Crippen LogP contribution >= 0.6 is 11.3 Å². The quantitative estimate of drug-likeness (QED) is 0.861. The highest BCUT2D eigenvalue weighted by atomic mass is 32.1. The summed E-state index contributed by atoms with van der Waals surface area (Å²) in [5.41, 5.74) is 0.113. The number of nitrogens with one attached hydrogen (secondary N) is 1. The van der Waals surface area contributed by atoms with Crippen LogP contribution in [0.15, 0.2) is 12.1 Å². The zero-order chi connectivity index (χ0) is 15.7. The number of halogens is 3. The Morgan fingerprint density at radius 1 is 1.24 bits per heavy atom. The number of hydrogen-bond acceptors (Lipinski definition) is 3. The fraction of sp³-hybridized carbons (Fsp3) is 0.286. The zero-order valence-electron chi connectivity index (χ0n) is 11.6. The van der Waals surface area contributed by atoms with Crippen LogP contribution in [0, 0.1) is 24.4 Å². The molecule has 0 bridgehead atoms. The van der Waals surface area contributed by atoms with Gasteiger partial charge < -0.3 is 5.32 Å². The molecule has 7 heteroatoms. The van der Waals surface area contributed by atoms with E-state index >= 15 is 0 Å². The van der Waals surface area contributed by atoms with E-state index in [4.69, 9.17) is 0 Å². The van der Waals surface area contributed by atoms with Gasteiger partial charge in [0.25, 0.3) is 5.91 Å². The van der Waals surface area contributed by atoms with Crippen LogP contribution in [0.25, 0.3) is 0 Å². The van der Waals surface area contributed by atoms with Crippen LogP contribution in [-0.2, 0) is 0 Å². The highest BCUT2D eigenvalue weighted by Crippen LogP contribution is 2.26. The minimum atomic E-state index is -1.61. The number of aryl methyl sites for hydroxylation is 1. The average molecular weight is 314 g/mol. The first kappa shape index (κ1) is 15.5. The number of amides is 1. The molecule has 1 aromatic carbocycles. The number of nitrogens with zero attached hydrogens (tertiary/aromatic N) is 1. The van der Waals surface area contributed by atoms with E-state index in [0.717, 1.165) is 17.1 Å². The Balaban J connectivity index is 2.28. The maximum atomic E-state index is 13.5. The van der Waals surface area contributed by atoms with Crippen molar-refractivity contribution < 1.29 is 18.0 Å². The highest BCUT2D eigenvalue weighted by molar-refractivity contribution is 7.14. The van der Waals surface area contributed by atoms with Gasteiger partial charge in [0.1, 0.15) is 4.88 Å². The van der Waals surface area contributed by atoms with Crippen molar-refractivity contribution in [2.45, 2.75) is 26.7 Å². The summed E-state index contributed by atoms with van der Waals surface area (Å²) < 4.78 is 39.5. The van der Waals surface area contributed by atoms with Crippen molar-refractivity contribution in [2.75, 3.05) is 5.32 Å². The maximum Gasteiger partial charge on any atom is 0.267 e. The summed E-state index contributed by atoms with van der Waals surface area (Å²) in [4.78, 5) is 16.7. The van der Waals surface area contributed by atoms with Gasteiger partial charge in [0.15, 0.2) is 17.5 Å². The summed E-state index contributed by atoms with van der Waals surface area (Å²) in [7, 11) is 0. The molecule has 3 nitrogen and oxygen atoms in total. The molecule has 2 aromatic rings. The molecule has 112 valence electrons. The first-order valence-corrected chi connectivity index (χ1v) is 7.05. The number of rotatable bonds is 3. The van der Waals surface area contributed by atoms with Crippen LogP contribution in [-0.4, -0.2) is 10.9 Å². The van der Waals surface area contributed by atoms with E-state index in [1.165, 1.54) is 11.3 Å². The van der Waals surface area contributed by atoms with E-state index in [9.17, 15) is 18.0 Å². The molecule has 1 heterocycles. The Morgan fingerprint density at radius 3 is 2.48 bits per heavy atom. The molecule has 0 saturated heterocycles. The van der Waals surface area contributed by atoms with Gasteiger partial charge >= 0.3 is 0 Å². The lowest BCUT2D eigenvalue weighted by atomic mass is 10.2. The first-order chi connectivity index (χ1) is 9.81. The maximum absolute atomic E-state index is 13.5. The van der Waals surface area contributed by atoms with Crippen molar-refractivity contribution in [3.8, 4) is 0 Å². The van der Waals surface area contributed by atoms with E-state index < -0.39 is 29.0 Å². The highest BCUT2D eigenvalue weighted by Gasteiger charge is 2.20. The third kappa shape index (κ3) is 3.07. The lowest BCUT2D eigenvalue weighted by Gasteiger charge is -2.06. The normalized spacial score (nSPS) is 11.0. The smallest absolute Gasteiger partial charge is 0.267 e. The monoisotopic (exact) mass is 314 g/mol. The third-order valence-electron chi connectivity index (χ3n) is 2.80. The van der Waals surface area contributed by atoms with E-state index in [1.807, 2.05) is 13.8 Å². The SMILES string of the molecule is Cc1nc(C(C)C)sc1C(=O)Nc1ccc(F)c(F)c1F. The average Bonchev–Trinajstić information content (AvgIpc) is 2.82. The fourth-order valence-corrected chi connectivity index (χ4v) is 2.64. The molecule has 0 radical (unpaired) electrons. The molecule has 0 atom stereocenters. The number of anilines is 1. The predicted molar refractivity (Wildman–Crippen MR) is 75.2 cm³/mol. The van der Waals surface area contributed by atoms with Crippen molar-refractivity contribution in [3.05, 3.63) is 45.2 Å².